The van der Waals surface area contributed by atoms with Gasteiger partial charge in [0.15, 0.2) is 5.78 Å². The molecule has 17 heavy (non-hydrogen) atoms. The summed E-state index contributed by atoms with van der Waals surface area (Å²) in [5.41, 5.74) is 2.14. The minimum Gasteiger partial charge on any atom is -0.294 e. The van der Waals surface area contributed by atoms with Crippen molar-refractivity contribution in [3.8, 4) is 0 Å². The molecule has 0 aliphatic carbocycles. The molecule has 0 unspecified atom stereocenters. The molecule has 1 heteroatoms. The van der Waals surface area contributed by atoms with E-state index in [1.807, 2.05) is 12.1 Å². The second-order valence-electron chi connectivity index (χ2n) is 4.86. The van der Waals surface area contributed by atoms with Crippen LogP contribution in [0.4, 0.5) is 0 Å². The molecule has 0 amide bonds. The van der Waals surface area contributed by atoms with Gasteiger partial charge in [-0.3, -0.25) is 4.79 Å². The predicted octanol–water partition coefficient (Wildman–Crippen LogP) is 4.78. The predicted molar refractivity (Wildman–Crippen MR) is 73.3 cm³/mol. The van der Waals surface area contributed by atoms with E-state index < -0.39 is 0 Å². The summed E-state index contributed by atoms with van der Waals surface area (Å²) < 4.78 is 0. The zero-order valence-corrected chi connectivity index (χ0v) is 11.0. The lowest BCUT2D eigenvalue weighted by Crippen LogP contribution is -1.99. The van der Waals surface area contributed by atoms with Crippen molar-refractivity contribution in [2.45, 2.75) is 51.9 Å². The van der Waals surface area contributed by atoms with Crippen LogP contribution in [0.5, 0.6) is 0 Å². The highest BCUT2D eigenvalue weighted by Crippen LogP contribution is 2.16. The van der Waals surface area contributed by atoms with E-state index in [0.717, 1.165) is 31.2 Å². The Labute approximate surface area is 105 Å². The van der Waals surface area contributed by atoms with Crippen LogP contribution in [-0.2, 0) is 0 Å². The van der Waals surface area contributed by atoms with Crippen molar-refractivity contribution in [2.24, 2.45) is 0 Å². The third-order valence-electron chi connectivity index (χ3n) is 3.05. The van der Waals surface area contributed by atoms with Gasteiger partial charge in [0, 0.05) is 12.0 Å². The van der Waals surface area contributed by atoms with E-state index in [2.05, 4.69) is 32.9 Å². The van der Waals surface area contributed by atoms with E-state index >= 15 is 0 Å². The highest BCUT2D eigenvalue weighted by molar-refractivity contribution is 5.96. The van der Waals surface area contributed by atoms with Gasteiger partial charge in [0.2, 0.25) is 0 Å². The Bertz CT molecular complexity index is 335. The van der Waals surface area contributed by atoms with Gasteiger partial charge < -0.3 is 0 Å². The summed E-state index contributed by atoms with van der Waals surface area (Å²) in [4.78, 5) is 11.9. The van der Waals surface area contributed by atoms with Gasteiger partial charge in [-0.25, -0.2) is 0 Å². The molecule has 0 heterocycles. The van der Waals surface area contributed by atoms with Crippen LogP contribution in [-0.4, -0.2) is 5.78 Å². The van der Waals surface area contributed by atoms with Crippen molar-refractivity contribution in [3.63, 3.8) is 0 Å². The van der Waals surface area contributed by atoms with Crippen LogP contribution >= 0.6 is 0 Å². The quantitative estimate of drug-likeness (QED) is 0.487. The molecular formula is C16H23O. The van der Waals surface area contributed by atoms with Crippen molar-refractivity contribution in [1.82, 2.24) is 0 Å². The first-order valence-electron chi connectivity index (χ1n) is 6.57. The Balaban J connectivity index is 2.46. The Morgan fingerprint density at radius 2 is 1.76 bits per heavy atom. The van der Waals surface area contributed by atoms with Crippen molar-refractivity contribution in [2.75, 3.05) is 0 Å². The second-order valence-corrected chi connectivity index (χ2v) is 4.86. The minimum atomic E-state index is 0.268. The summed E-state index contributed by atoms with van der Waals surface area (Å²) >= 11 is 0. The average Bonchev–Trinajstić information content (AvgIpc) is 2.34. The Hall–Kier alpha value is -1.11. The topological polar surface area (TPSA) is 17.1 Å². The molecule has 1 radical (unpaired) electrons. The molecule has 1 aromatic rings. The molecule has 0 fully saturated rings. The van der Waals surface area contributed by atoms with Crippen LogP contribution in [0, 0.1) is 6.92 Å². The highest BCUT2D eigenvalue weighted by Gasteiger charge is 2.06. The maximum absolute atomic E-state index is 11.9. The molecule has 1 nitrogen and oxygen atoms in total. The fourth-order valence-corrected chi connectivity index (χ4v) is 1.84. The SMILES string of the molecule is [CH2]CCCCCC(=O)c1ccc(C(C)C)cc1. The van der Waals surface area contributed by atoms with Crippen molar-refractivity contribution in [1.29, 1.82) is 0 Å². The van der Waals surface area contributed by atoms with Crippen LogP contribution in [0.1, 0.15) is 67.8 Å². The van der Waals surface area contributed by atoms with Gasteiger partial charge in [-0.1, -0.05) is 64.3 Å². The zero-order valence-electron chi connectivity index (χ0n) is 11.0. The van der Waals surface area contributed by atoms with Crippen molar-refractivity contribution < 1.29 is 4.79 Å². The Kier molecular flexibility index (Phi) is 5.96. The molecule has 0 atom stereocenters. The summed E-state index contributed by atoms with van der Waals surface area (Å²) in [6.45, 7) is 8.13. The van der Waals surface area contributed by atoms with Crippen LogP contribution in [0.3, 0.4) is 0 Å². The monoisotopic (exact) mass is 231 g/mol. The summed E-state index contributed by atoms with van der Waals surface area (Å²) in [5, 5.41) is 0. The first-order chi connectivity index (χ1) is 8.15. The lowest BCUT2D eigenvalue weighted by Gasteiger charge is -2.06. The molecule has 1 rings (SSSR count). The van der Waals surface area contributed by atoms with Gasteiger partial charge in [0.25, 0.3) is 0 Å². The van der Waals surface area contributed by atoms with Crippen LogP contribution < -0.4 is 0 Å². The summed E-state index contributed by atoms with van der Waals surface area (Å²) in [6, 6.07) is 8.04. The number of unbranched alkanes of at least 4 members (excludes halogenated alkanes) is 3. The highest BCUT2D eigenvalue weighted by atomic mass is 16.1. The second kappa shape index (κ2) is 7.26. The summed E-state index contributed by atoms with van der Waals surface area (Å²) in [6.07, 6.45) is 4.86. The number of rotatable bonds is 7. The molecule has 0 aliphatic rings. The van der Waals surface area contributed by atoms with Gasteiger partial charge >= 0.3 is 0 Å². The van der Waals surface area contributed by atoms with E-state index in [9.17, 15) is 4.79 Å². The Morgan fingerprint density at radius 3 is 2.29 bits per heavy atom. The fourth-order valence-electron chi connectivity index (χ4n) is 1.84. The molecular weight excluding hydrogens is 208 g/mol. The number of carbonyl (C=O) groups is 1. The third kappa shape index (κ3) is 4.72. The van der Waals surface area contributed by atoms with E-state index in [1.54, 1.807) is 0 Å². The standard InChI is InChI=1S/C16H23O/c1-4-5-6-7-8-16(17)15-11-9-14(10-12-15)13(2)3/h9-13H,1,4-8H2,2-3H3. The number of ketones is 1. The number of hydrogen-bond donors (Lipinski definition) is 0. The normalized spacial score (nSPS) is 10.8. The summed E-state index contributed by atoms with van der Waals surface area (Å²) in [5.74, 6) is 0.792. The van der Waals surface area contributed by atoms with E-state index in [1.165, 1.54) is 5.56 Å². The van der Waals surface area contributed by atoms with Gasteiger partial charge in [0.05, 0.1) is 0 Å². The molecule has 0 bridgehead atoms. The molecule has 0 saturated heterocycles. The van der Waals surface area contributed by atoms with Gasteiger partial charge in [-0.05, 0) is 17.9 Å². The fraction of sp³-hybridized carbons (Fsp3) is 0.500. The molecule has 93 valence electrons. The van der Waals surface area contributed by atoms with Crippen LogP contribution in [0.15, 0.2) is 24.3 Å². The maximum atomic E-state index is 11.9. The van der Waals surface area contributed by atoms with Crippen LogP contribution in [0.25, 0.3) is 0 Å². The number of hydrogen-bond acceptors (Lipinski definition) is 1. The van der Waals surface area contributed by atoms with Gasteiger partial charge in [-0.2, -0.15) is 0 Å². The molecule has 0 saturated carbocycles. The van der Waals surface area contributed by atoms with E-state index in [4.69, 9.17) is 0 Å². The number of carbonyl (C=O) groups excluding carboxylic acids is 1. The van der Waals surface area contributed by atoms with Crippen molar-refractivity contribution in [3.05, 3.63) is 42.3 Å². The molecule has 0 aliphatic heterocycles. The van der Waals surface area contributed by atoms with Gasteiger partial charge in [0.1, 0.15) is 0 Å². The number of benzene rings is 1. The molecule has 1 aromatic carbocycles. The largest absolute Gasteiger partial charge is 0.294 e. The first kappa shape index (κ1) is 14.0. The number of Topliss-reactive ketones (excluding diaryl/α,β-unsaturated/α-hetero) is 1. The molecule has 0 aromatic heterocycles. The zero-order chi connectivity index (χ0) is 12.7. The van der Waals surface area contributed by atoms with E-state index in [-0.39, 0.29) is 5.78 Å². The summed E-state index contributed by atoms with van der Waals surface area (Å²) in [7, 11) is 0. The van der Waals surface area contributed by atoms with E-state index in [0.29, 0.717) is 12.3 Å². The smallest absolute Gasteiger partial charge is 0.162 e. The van der Waals surface area contributed by atoms with Crippen LogP contribution in [0.2, 0.25) is 0 Å². The third-order valence-corrected chi connectivity index (χ3v) is 3.05. The molecule has 0 N–H and O–H groups in total. The maximum Gasteiger partial charge on any atom is 0.162 e. The van der Waals surface area contributed by atoms with Gasteiger partial charge in [-0.15, -0.1) is 0 Å². The Morgan fingerprint density at radius 1 is 1.12 bits per heavy atom. The van der Waals surface area contributed by atoms with Crippen molar-refractivity contribution >= 4 is 5.78 Å². The lowest BCUT2D eigenvalue weighted by molar-refractivity contribution is 0.0979. The first-order valence-corrected chi connectivity index (χ1v) is 6.57. The average molecular weight is 231 g/mol. The molecule has 0 spiro atoms. The minimum absolute atomic E-state index is 0.268. The lowest BCUT2D eigenvalue weighted by atomic mass is 9.99.